The SMILES string of the molecule is Cc1ccc(N2C[C@@H](C(=O)Nc3ccc(Oc4ccccc4C)cc3)CC2=O)c(C)c1. The maximum Gasteiger partial charge on any atom is 0.229 e. The van der Waals surface area contributed by atoms with Crippen LogP contribution in [0.4, 0.5) is 11.4 Å². The number of anilines is 2. The van der Waals surface area contributed by atoms with E-state index in [9.17, 15) is 9.59 Å². The summed E-state index contributed by atoms with van der Waals surface area (Å²) in [6, 6.07) is 21.1. The average molecular weight is 415 g/mol. The number of aryl methyl sites for hydroxylation is 3. The lowest BCUT2D eigenvalue weighted by molar-refractivity contribution is -0.122. The zero-order chi connectivity index (χ0) is 22.0. The molecular weight excluding hydrogens is 388 g/mol. The molecule has 158 valence electrons. The maximum atomic E-state index is 12.8. The van der Waals surface area contributed by atoms with Crippen LogP contribution in [0.5, 0.6) is 11.5 Å². The summed E-state index contributed by atoms with van der Waals surface area (Å²) in [5, 5.41) is 2.93. The highest BCUT2D eigenvalue weighted by atomic mass is 16.5. The van der Waals surface area contributed by atoms with Gasteiger partial charge in [0.15, 0.2) is 0 Å². The number of benzene rings is 3. The molecule has 0 spiro atoms. The third kappa shape index (κ3) is 4.61. The number of para-hydroxylation sites is 1. The van der Waals surface area contributed by atoms with Gasteiger partial charge in [0.1, 0.15) is 11.5 Å². The van der Waals surface area contributed by atoms with Crippen LogP contribution < -0.4 is 15.0 Å². The summed E-state index contributed by atoms with van der Waals surface area (Å²) in [7, 11) is 0. The van der Waals surface area contributed by atoms with Crippen LogP contribution in [-0.2, 0) is 9.59 Å². The Kier molecular flexibility index (Phi) is 5.76. The maximum absolute atomic E-state index is 12.8. The van der Waals surface area contributed by atoms with Crippen molar-refractivity contribution in [1.82, 2.24) is 0 Å². The Balaban J connectivity index is 1.39. The fraction of sp³-hybridized carbons (Fsp3) is 0.231. The summed E-state index contributed by atoms with van der Waals surface area (Å²) in [5.41, 5.74) is 4.80. The summed E-state index contributed by atoms with van der Waals surface area (Å²) in [6.07, 6.45) is 0.216. The first-order valence-corrected chi connectivity index (χ1v) is 10.4. The lowest BCUT2D eigenvalue weighted by Crippen LogP contribution is -2.28. The number of hydrogen-bond donors (Lipinski definition) is 1. The molecule has 1 aliphatic rings. The summed E-state index contributed by atoms with van der Waals surface area (Å²) in [5.74, 6) is 0.956. The fourth-order valence-electron chi connectivity index (χ4n) is 3.87. The first kappa shape index (κ1) is 20.7. The van der Waals surface area contributed by atoms with Crippen LogP contribution in [0.3, 0.4) is 0 Å². The van der Waals surface area contributed by atoms with Gasteiger partial charge in [-0.25, -0.2) is 0 Å². The summed E-state index contributed by atoms with van der Waals surface area (Å²) >= 11 is 0. The molecule has 0 radical (unpaired) electrons. The molecule has 0 aromatic heterocycles. The molecule has 1 saturated heterocycles. The molecule has 1 aliphatic heterocycles. The second-order valence-corrected chi connectivity index (χ2v) is 8.08. The molecule has 0 unspecified atom stereocenters. The van der Waals surface area contributed by atoms with Crippen LogP contribution in [0.1, 0.15) is 23.1 Å². The topological polar surface area (TPSA) is 58.6 Å². The number of rotatable bonds is 5. The van der Waals surface area contributed by atoms with Crippen LogP contribution in [0.2, 0.25) is 0 Å². The van der Waals surface area contributed by atoms with E-state index in [1.807, 2.05) is 81.4 Å². The number of nitrogens with zero attached hydrogens (tertiary/aromatic N) is 1. The summed E-state index contributed by atoms with van der Waals surface area (Å²) in [6.45, 7) is 6.40. The van der Waals surface area contributed by atoms with Gasteiger partial charge in [0.25, 0.3) is 0 Å². The minimum atomic E-state index is -0.379. The zero-order valence-electron chi connectivity index (χ0n) is 18.0. The highest BCUT2D eigenvalue weighted by Crippen LogP contribution is 2.30. The normalized spacial score (nSPS) is 15.8. The van der Waals surface area contributed by atoms with E-state index in [4.69, 9.17) is 4.74 Å². The van der Waals surface area contributed by atoms with Gasteiger partial charge in [0.2, 0.25) is 11.8 Å². The molecule has 5 nitrogen and oxygen atoms in total. The van der Waals surface area contributed by atoms with Crippen molar-refractivity contribution in [3.05, 3.63) is 83.4 Å². The van der Waals surface area contributed by atoms with Crippen molar-refractivity contribution in [3.63, 3.8) is 0 Å². The molecular formula is C26H26N2O3. The van der Waals surface area contributed by atoms with Gasteiger partial charge in [0.05, 0.1) is 5.92 Å². The molecule has 4 rings (SSSR count). The molecule has 31 heavy (non-hydrogen) atoms. The summed E-state index contributed by atoms with van der Waals surface area (Å²) < 4.78 is 5.90. The van der Waals surface area contributed by atoms with E-state index in [2.05, 4.69) is 11.4 Å². The molecule has 3 aromatic rings. The zero-order valence-corrected chi connectivity index (χ0v) is 18.0. The Labute approximate surface area is 182 Å². The molecule has 3 aromatic carbocycles. The number of carbonyl (C=O) groups excluding carboxylic acids is 2. The highest BCUT2D eigenvalue weighted by molar-refractivity contribution is 6.03. The second kappa shape index (κ2) is 8.64. The molecule has 2 amide bonds. The van der Waals surface area contributed by atoms with E-state index < -0.39 is 0 Å². The van der Waals surface area contributed by atoms with E-state index >= 15 is 0 Å². The summed E-state index contributed by atoms with van der Waals surface area (Å²) in [4.78, 5) is 27.1. The van der Waals surface area contributed by atoms with Crippen LogP contribution in [0.25, 0.3) is 0 Å². The molecule has 1 fully saturated rings. The molecule has 1 heterocycles. The number of nitrogens with one attached hydrogen (secondary N) is 1. The van der Waals surface area contributed by atoms with Crippen LogP contribution in [0, 0.1) is 26.7 Å². The first-order valence-electron chi connectivity index (χ1n) is 10.4. The number of amides is 2. The van der Waals surface area contributed by atoms with Crippen LogP contribution in [-0.4, -0.2) is 18.4 Å². The van der Waals surface area contributed by atoms with Gasteiger partial charge >= 0.3 is 0 Å². The van der Waals surface area contributed by atoms with Gasteiger partial charge in [-0.3, -0.25) is 9.59 Å². The Hall–Kier alpha value is -3.60. The lowest BCUT2D eigenvalue weighted by atomic mass is 10.1. The van der Waals surface area contributed by atoms with Crippen molar-refractivity contribution < 1.29 is 14.3 Å². The van der Waals surface area contributed by atoms with Crippen LogP contribution >= 0.6 is 0 Å². The molecule has 0 saturated carbocycles. The monoisotopic (exact) mass is 414 g/mol. The van der Waals surface area contributed by atoms with Gasteiger partial charge < -0.3 is 15.0 Å². The lowest BCUT2D eigenvalue weighted by Gasteiger charge is -2.19. The van der Waals surface area contributed by atoms with Gasteiger partial charge in [-0.2, -0.15) is 0 Å². The molecule has 5 heteroatoms. The number of ether oxygens (including phenoxy) is 1. The van der Waals surface area contributed by atoms with Crippen molar-refractivity contribution in [2.45, 2.75) is 27.2 Å². The molecule has 0 bridgehead atoms. The second-order valence-electron chi connectivity index (χ2n) is 8.08. The predicted octanol–water partition coefficient (Wildman–Crippen LogP) is 5.40. The van der Waals surface area contributed by atoms with Crippen molar-refractivity contribution in [3.8, 4) is 11.5 Å². The average Bonchev–Trinajstić information content (AvgIpc) is 3.13. The van der Waals surface area contributed by atoms with Gasteiger partial charge in [-0.1, -0.05) is 35.9 Å². The Morgan fingerprint density at radius 2 is 1.71 bits per heavy atom. The van der Waals surface area contributed by atoms with Crippen molar-refractivity contribution in [2.75, 3.05) is 16.8 Å². The van der Waals surface area contributed by atoms with Gasteiger partial charge in [-0.15, -0.1) is 0 Å². The van der Waals surface area contributed by atoms with E-state index in [0.717, 1.165) is 28.1 Å². The Bertz CT molecular complexity index is 1120. The van der Waals surface area contributed by atoms with E-state index in [-0.39, 0.29) is 24.2 Å². The molecule has 0 aliphatic carbocycles. The minimum Gasteiger partial charge on any atom is -0.457 e. The standard InChI is InChI=1S/C26H26N2O3/c1-17-8-13-23(19(3)14-17)28-16-20(15-25(28)29)26(30)27-21-9-11-22(12-10-21)31-24-7-5-4-6-18(24)2/h4-14,20H,15-16H2,1-3H3,(H,27,30)/t20-/m0/s1. The first-order chi connectivity index (χ1) is 14.9. The van der Waals surface area contributed by atoms with Crippen LogP contribution in [0.15, 0.2) is 66.7 Å². The molecule has 1 N–H and O–H groups in total. The quantitative estimate of drug-likeness (QED) is 0.608. The third-order valence-corrected chi connectivity index (χ3v) is 5.58. The largest absolute Gasteiger partial charge is 0.457 e. The Morgan fingerprint density at radius 1 is 0.968 bits per heavy atom. The molecule has 1 atom stereocenters. The van der Waals surface area contributed by atoms with Crippen molar-refractivity contribution in [2.24, 2.45) is 5.92 Å². The predicted molar refractivity (Wildman–Crippen MR) is 123 cm³/mol. The smallest absolute Gasteiger partial charge is 0.229 e. The number of carbonyl (C=O) groups is 2. The van der Waals surface area contributed by atoms with Gasteiger partial charge in [0, 0.05) is 24.3 Å². The van der Waals surface area contributed by atoms with E-state index in [1.165, 1.54) is 0 Å². The third-order valence-electron chi connectivity index (χ3n) is 5.58. The number of hydrogen-bond acceptors (Lipinski definition) is 3. The fourth-order valence-corrected chi connectivity index (χ4v) is 3.87. The minimum absolute atomic E-state index is 0.0194. The van der Waals surface area contributed by atoms with E-state index in [0.29, 0.717) is 18.0 Å². The van der Waals surface area contributed by atoms with Crippen molar-refractivity contribution in [1.29, 1.82) is 0 Å². The Morgan fingerprint density at radius 3 is 2.42 bits per heavy atom. The highest BCUT2D eigenvalue weighted by Gasteiger charge is 2.35. The van der Waals surface area contributed by atoms with Crippen molar-refractivity contribution >= 4 is 23.2 Å². The van der Waals surface area contributed by atoms with E-state index in [1.54, 1.807) is 4.90 Å². The van der Waals surface area contributed by atoms with Gasteiger partial charge in [-0.05, 0) is 68.3 Å².